The molecule has 0 spiro atoms. The summed E-state index contributed by atoms with van der Waals surface area (Å²) in [5.41, 5.74) is 1.80. The molecule has 1 aromatic heterocycles. The quantitative estimate of drug-likeness (QED) is 0.596. The predicted octanol–water partition coefficient (Wildman–Crippen LogP) is 3.47. The van der Waals surface area contributed by atoms with Gasteiger partial charge in [-0.25, -0.2) is 19.2 Å². The molecule has 0 saturated heterocycles. The monoisotopic (exact) mass is 394 g/mol. The number of carbonyl (C=O) groups is 2. The summed E-state index contributed by atoms with van der Waals surface area (Å²) in [5, 5.41) is 5.70. The van der Waals surface area contributed by atoms with Crippen LogP contribution < -0.4 is 10.6 Å². The number of halogens is 1. The van der Waals surface area contributed by atoms with Gasteiger partial charge in [0.2, 0.25) is 0 Å². The van der Waals surface area contributed by atoms with Crippen LogP contribution in [-0.2, 0) is 11.3 Å². The van der Waals surface area contributed by atoms with Crippen LogP contribution in [0.25, 0.3) is 0 Å². The van der Waals surface area contributed by atoms with E-state index in [2.05, 4.69) is 20.6 Å². The van der Waals surface area contributed by atoms with Gasteiger partial charge >= 0.3 is 5.97 Å². The molecule has 0 aliphatic carbocycles. The van der Waals surface area contributed by atoms with Gasteiger partial charge in [-0.3, -0.25) is 4.79 Å². The molecule has 0 fully saturated rings. The summed E-state index contributed by atoms with van der Waals surface area (Å²) in [4.78, 5) is 32.5. The summed E-state index contributed by atoms with van der Waals surface area (Å²) in [5.74, 6) is -0.809. The average molecular weight is 394 g/mol. The number of nitrogens with zero attached hydrogens (tertiary/aromatic N) is 2. The Morgan fingerprint density at radius 3 is 2.48 bits per heavy atom. The van der Waals surface area contributed by atoms with Crippen molar-refractivity contribution in [3.63, 3.8) is 0 Å². The van der Waals surface area contributed by atoms with Gasteiger partial charge in [-0.05, 0) is 36.8 Å². The Balaban J connectivity index is 1.64. The van der Waals surface area contributed by atoms with Gasteiger partial charge in [0.05, 0.1) is 30.3 Å². The largest absolute Gasteiger partial charge is 0.462 e. The maximum absolute atomic E-state index is 12.9. The summed E-state index contributed by atoms with van der Waals surface area (Å²) in [7, 11) is 0. The van der Waals surface area contributed by atoms with E-state index in [0.717, 1.165) is 5.56 Å². The molecule has 148 valence electrons. The standard InChI is InChI=1S/C21H19FN4O3/c1-2-29-21(28)16-5-3-4-6-17(16)26-19-13-23-18(12-24-19)20(27)25-11-14-7-9-15(22)10-8-14/h3-10,12-13H,2,11H2,1H3,(H,24,26)(H,25,27). The molecule has 3 aromatic rings. The van der Waals surface area contributed by atoms with E-state index in [4.69, 9.17) is 4.74 Å². The first-order chi connectivity index (χ1) is 14.1. The number of aromatic nitrogens is 2. The highest BCUT2D eigenvalue weighted by molar-refractivity contribution is 5.96. The van der Waals surface area contributed by atoms with Crippen molar-refractivity contribution in [1.29, 1.82) is 0 Å². The van der Waals surface area contributed by atoms with E-state index >= 15 is 0 Å². The number of hydrogen-bond donors (Lipinski definition) is 2. The molecule has 3 rings (SSSR count). The normalized spacial score (nSPS) is 10.3. The number of para-hydroxylation sites is 1. The van der Waals surface area contributed by atoms with E-state index < -0.39 is 11.9 Å². The maximum atomic E-state index is 12.9. The topological polar surface area (TPSA) is 93.2 Å². The van der Waals surface area contributed by atoms with Crippen molar-refractivity contribution in [2.45, 2.75) is 13.5 Å². The molecule has 2 aromatic carbocycles. The Hall–Kier alpha value is -3.81. The summed E-state index contributed by atoms with van der Waals surface area (Å²) >= 11 is 0. The van der Waals surface area contributed by atoms with Crippen molar-refractivity contribution >= 4 is 23.4 Å². The Labute approximate surface area is 167 Å². The van der Waals surface area contributed by atoms with E-state index in [-0.39, 0.29) is 24.7 Å². The van der Waals surface area contributed by atoms with Gasteiger partial charge in [-0.1, -0.05) is 24.3 Å². The van der Waals surface area contributed by atoms with Gasteiger partial charge in [-0.15, -0.1) is 0 Å². The van der Waals surface area contributed by atoms with Crippen LogP contribution >= 0.6 is 0 Å². The summed E-state index contributed by atoms with van der Waals surface area (Å²) in [6.07, 6.45) is 2.73. The van der Waals surface area contributed by atoms with Crippen LogP contribution in [0.2, 0.25) is 0 Å². The fraction of sp³-hybridized carbons (Fsp3) is 0.143. The van der Waals surface area contributed by atoms with Gasteiger partial charge in [0.25, 0.3) is 5.91 Å². The van der Waals surface area contributed by atoms with Crippen molar-refractivity contribution in [2.24, 2.45) is 0 Å². The van der Waals surface area contributed by atoms with Crippen LogP contribution in [0.15, 0.2) is 60.9 Å². The molecule has 1 amide bonds. The van der Waals surface area contributed by atoms with Gasteiger partial charge in [-0.2, -0.15) is 0 Å². The minimum absolute atomic E-state index is 0.135. The molecule has 7 nitrogen and oxygen atoms in total. The number of benzene rings is 2. The lowest BCUT2D eigenvalue weighted by atomic mass is 10.2. The molecule has 8 heteroatoms. The molecule has 0 saturated carbocycles. The number of esters is 1. The number of hydrogen-bond acceptors (Lipinski definition) is 6. The van der Waals surface area contributed by atoms with Crippen LogP contribution in [0, 0.1) is 5.82 Å². The fourth-order valence-corrected chi connectivity index (χ4v) is 2.50. The average Bonchev–Trinajstić information content (AvgIpc) is 2.74. The summed E-state index contributed by atoms with van der Waals surface area (Å²) in [6.45, 7) is 2.25. The van der Waals surface area contributed by atoms with Crippen LogP contribution in [0.5, 0.6) is 0 Å². The number of ether oxygens (including phenoxy) is 1. The second-order valence-electron chi connectivity index (χ2n) is 5.99. The van der Waals surface area contributed by atoms with E-state index in [1.54, 1.807) is 43.3 Å². The number of amides is 1. The zero-order valence-corrected chi connectivity index (χ0v) is 15.7. The third kappa shape index (κ3) is 5.35. The summed E-state index contributed by atoms with van der Waals surface area (Å²) < 4.78 is 18.0. The lowest BCUT2D eigenvalue weighted by Gasteiger charge is -2.11. The molecule has 2 N–H and O–H groups in total. The highest BCUT2D eigenvalue weighted by Gasteiger charge is 2.13. The molecule has 0 aliphatic heterocycles. The van der Waals surface area contributed by atoms with Crippen molar-refractivity contribution < 1.29 is 18.7 Å². The Kier molecular flexibility index (Phi) is 6.47. The number of anilines is 2. The molecule has 0 bridgehead atoms. The number of nitrogens with one attached hydrogen (secondary N) is 2. The SMILES string of the molecule is CCOC(=O)c1ccccc1Nc1cnc(C(=O)NCc2ccc(F)cc2)cn1. The van der Waals surface area contributed by atoms with E-state index in [1.165, 1.54) is 24.5 Å². The zero-order valence-electron chi connectivity index (χ0n) is 15.7. The van der Waals surface area contributed by atoms with Crippen molar-refractivity contribution in [3.05, 3.63) is 83.6 Å². The minimum atomic E-state index is -0.444. The van der Waals surface area contributed by atoms with Crippen molar-refractivity contribution in [1.82, 2.24) is 15.3 Å². The first kappa shape index (κ1) is 19.9. The van der Waals surface area contributed by atoms with Crippen molar-refractivity contribution in [3.8, 4) is 0 Å². The lowest BCUT2D eigenvalue weighted by Crippen LogP contribution is -2.24. The minimum Gasteiger partial charge on any atom is -0.462 e. The molecule has 0 radical (unpaired) electrons. The Morgan fingerprint density at radius 2 is 1.79 bits per heavy atom. The second-order valence-corrected chi connectivity index (χ2v) is 5.99. The second kappa shape index (κ2) is 9.41. The summed E-state index contributed by atoms with van der Waals surface area (Å²) in [6, 6.07) is 12.7. The Morgan fingerprint density at radius 1 is 1.03 bits per heavy atom. The molecular formula is C21H19FN4O3. The van der Waals surface area contributed by atoms with Gasteiger partial charge < -0.3 is 15.4 Å². The van der Waals surface area contributed by atoms with Crippen molar-refractivity contribution in [2.75, 3.05) is 11.9 Å². The number of rotatable bonds is 7. The molecule has 0 aliphatic rings. The van der Waals surface area contributed by atoms with Crippen LogP contribution in [0.4, 0.5) is 15.9 Å². The highest BCUT2D eigenvalue weighted by Crippen LogP contribution is 2.20. The lowest BCUT2D eigenvalue weighted by molar-refractivity contribution is 0.0527. The van der Waals surface area contributed by atoms with Crippen LogP contribution in [0.1, 0.15) is 33.3 Å². The number of carbonyl (C=O) groups excluding carboxylic acids is 2. The smallest absolute Gasteiger partial charge is 0.340 e. The Bertz CT molecular complexity index is 992. The molecular weight excluding hydrogens is 375 g/mol. The van der Waals surface area contributed by atoms with E-state index in [9.17, 15) is 14.0 Å². The third-order valence-electron chi connectivity index (χ3n) is 3.94. The predicted molar refractivity (Wildman–Crippen MR) is 105 cm³/mol. The van der Waals surface area contributed by atoms with Gasteiger partial charge in [0, 0.05) is 6.54 Å². The fourth-order valence-electron chi connectivity index (χ4n) is 2.50. The van der Waals surface area contributed by atoms with E-state index in [1.807, 2.05) is 0 Å². The van der Waals surface area contributed by atoms with E-state index in [0.29, 0.717) is 17.1 Å². The molecule has 0 unspecified atom stereocenters. The molecule has 0 atom stereocenters. The van der Waals surface area contributed by atoms with Crippen LogP contribution in [-0.4, -0.2) is 28.5 Å². The highest BCUT2D eigenvalue weighted by atomic mass is 19.1. The van der Waals surface area contributed by atoms with Crippen LogP contribution in [0.3, 0.4) is 0 Å². The van der Waals surface area contributed by atoms with Gasteiger partial charge in [0.1, 0.15) is 17.3 Å². The maximum Gasteiger partial charge on any atom is 0.340 e. The molecule has 29 heavy (non-hydrogen) atoms. The van der Waals surface area contributed by atoms with Gasteiger partial charge in [0.15, 0.2) is 0 Å². The third-order valence-corrected chi connectivity index (χ3v) is 3.94. The zero-order chi connectivity index (χ0) is 20.6. The molecule has 1 heterocycles. The first-order valence-electron chi connectivity index (χ1n) is 8.94. The first-order valence-corrected chi connectivity index (χ1v) is 8.94.